The van der Waals surface area contributed by atoms with Crippen LogP contribution in [-0.4, -0.2) is 33.2 Å². The van der Waals surface area contributed by atoms with Crippen molar-refractivity contribution in [1.82, 2.24) is 10.1 Å². The minimum Gasteiger partial charge on any atom is -0.339 e. The summed E-state index contributed by atoms with van der Waals surface area (Å²) in [4.78, 5) is 16.0. The normalized spacial score (nSPS) is 24.8. The van der Waals surface area contributed by atoms with Gasteiger partial charge in [-0.05, 0) is 12.8 Å². The molecule has 3 rings (SSSR count). The fraction of sp³-hybridized carbons (Fsp3) is 0.727. The van der Waals surface area contributed by atoms with Crippen LogP contribution in [0.1, 0.15) is 29.8 Å². The number of nitrogens with zero attached hydrogens (tertiary/aromatic N) is 2. The molecule has 1 saturated heterocycles. The summed E-state index contributed by atoms with van der Waals surface area (Å²) in [6.45, 7) is 0. The average Bonchev–Trinajstić information content (AvgIpc) is 3.12. The molecule has 1 aromatic rings. The Morgan fingerprint density at radius 1 is 1.41 bits per heavy atom. The van der Waals surface area contributed by atoms with Gasteiger partial charge in [-0.1, -0.05) is 5.16 Å². The number of rotatable bonds is 4. The lowest BCUT2D eigenvalue weighted by molar-refractivity contribution is -0.119. The third-order valence-electron chi connectivity index (χ3n) is 2.95. The van der Waals surface area contributed by atoms with Crippen molar-refractivity contribution >= 4 is 29.3 Å². The molecule has 1 saturated carbocycles. The maximum absolute atomic E-state index is 11.6. The molecule has 6 heteroatoms. The zero-order chi connectivity index (χ0) is 11.7. The molecule has 0 aromatic carbocycles. The molecule has 2 fully saturated rings. The second-order valence-corrected chi connectivity index (χ2v) is 6.86. The summed E-state index contributed by atoms with van der Waals surface area (Å²) in [5, 5.41) is 4.34. The first-order valence-corrected chi connectivity index (χ1v) is 8.08. The Labute approximate surface area is 108 Å². The molecule has 1 aliphatic heterocycles. The van der Waals surface area contributed by atoms with Gasteiger partial charge in [0.2, 0.25) is 5.89 Å². The van der Waals surface area contributed by atoms with Gasteiger partial charge in [0.05, 0.1) is 11.7 Å². The lowest BCUT2D eigenvalue weighted by Gasteiger charge is -2.16. The number of carbonyl (C=O) groups is 1. The van der Waals surface area contributed by atoms with Gasteiger partial charge < -0.3 is 4.52 Å². The summed E-state index contributed by atoms with van der Waals surface area (Å²) in [6.07, 6.45) is 2.39. The molecule has 0 radical (unpaired) electrons. The van der Waals surface area contributed by atoms with E-state index in [-0.39, 0.29) is 11.7 Å². The summed E-state index contributed by atoms with van der Waals surface area (Å²) >= 11 is 3.80. The van der Waals surface area contributed by atoms with Crippen LogP contribution >= 0.6 is 23.5 Å². The monoisotopic (exact) mass is 270 g/mol. The van der Waals surface area contributed by atoms with Crippen LogP contribution in [0.2, 0.25) is 0 Å². The highest BCUT2D eigenvalue weighted by atomic mass is 32.2. The van der Waals surface area contributed by atoms with E-state index in [1.807, 2.05) is 23.5 Å². The molecular weight excluding hydrogens is 256 g/mol. The van der Waals surface area contributed by atoms with Crippen molar-refractivity contribution in [2.45, 2.75) is 24.5 Å². The molecular formula is C11H14N2O2S2. The van der Waals surface area contributed by atoms with Gasteiger partial charge in [-0.25, -0.2) is 0 Å². The molecule has 4 nitrogen and oxygen atoms in total. The standard InChI is InChI=1S/C11H14N2O2S2/c14-8(7-1-2-7)5-10-12-11(13-15-10)9-6-16-3-4-17-9/h7,9H,1-6H2. The first kappa shape index (κ1) is 11.6. The number of hydrogen-bond donors (Lipinski definition) is 0. The maximum atomic E-state index is 11.6. The molecule has 92 valence electrons. The highest BCUT2D eigenvalue weighted by Gasteiger charge is 2.31. The topological polar surface area (TPSA) is 56.0 Å². The summed E-state index contributed by atoms with van der Waals surface area (Å²) in [5.74, 6) is 5.16. The first-order chi connectivity index (χ1) is 8.33. The third kappa shape index (κ3) is 2.85. The van der Waals surface area contributed by atoms with Gasteiger partial charge in [0.25, 0.3) is 0 Å². The minimum absolute atomic E-state index is 0.255. The molecule has 1 unspecified atom stereocenters. The van der Waals surface area contributed by atoms with Gasteiger partial charge in [-0.3, -0.25) is 4.79 Å². The van der Waals surface area contributed by atoms with Gasteiger partial charge in [-0.2, -0.15) is 16.7 Å². The van der Waals surface area contributed by atoms with Crippen LogP contribution in [-0.2, 0) is 11.2 Å². The summed E-state index contributed by atoms with van der Waals surface area (Å²) in [5.41, 5.74) is 0. The summed E-state index contributed by atoms with van der Waals surface area (Å²) < 4.78 is 5.16. The number of thioether (sulfide) groups is 2. The Kier molecular flexibility index (Phi) is 3.42. The smallest absolute Gasteiger partial charge is 0.234 e. The molecule has 2 heterocycles. The fourth-order valence-corrected chi connectivity index (χ4v) is 4.40. The highest BCUT2D eigenvalue weighted by Crippen LogP contribution is 2.35. The lowest BCUT2D eigenvalue weighted by atomic mass is 10.2. The van der Waals surface area contributed by atoms with Gasteiger partial charge in [0.15, 0.2) is 5.82 Å². The van der Waals surface area contributed by atoms with Gasteiger partial charge in [-0.15, -0.1) is 11.8 Å². The van der Waals surface area contributed by atoms with Crippen molar-refractivity contribution in [2.24, 2.45) is 5.92 Å². The highest BCUT2D eigenvalue weighted by molar-refractivity contribution is 8.06. The molecule has 2 aliphatic rings. The van der Waals surface area contributed by atoms with Crippen LogP contribution in [0.3, 0.4) is 0 Å². The van der Waals surface area contributed by atoms with E-state index in [4.69, 9.17) is 4.52 Å². The number of ketones is 1. The Balaban J connectivity index is 1.62. The predicted molar refractivity (Wildman–Crippen MR) is 68.3 cm³/mol. The van der Waals surface area contributed by atoms with E-state index in [1.165, 1.54) is 5.75 Å². The number of carbonyl (C=O) groups excluding carboxylic acids is 1. The van der Waals surface area contributed by atoms with E-state index < -0.39 is 0 Å². The fourth-order valence-electron chi connectivity index (χ4n) is 1.81. The maximum Gasteiger partial charge on any atom is 0.234 e. The molecule has 0 amide bonds. The third-order valence-corrected chi connectivity index (χ3v) is 5.70. The van der Waals surface area contributed by atoms with E-state index in [0.29, 0.717) is 17.6 Å². The molecule has 1 aliphatic carbocycles. The van der Waals surface area contributed by atoms with E-state index in [2.05, 4.69) is 10.1 Å². The molecule has 0 bridgehead atoms. The molecule has 0 N–H and O–H groups in total. The van der Waals surface area contributed by atoms with Crippen LogP contribution in [0.4, 0.5) is 0 Å². The van der Waals surface area contributed by atoms with Crippen molar-refractivity contribution in [2.75, 3.05) is 17.3 Å². The number of hydrogen-bond acceptors (Lipinski definition) is 6. The Morgan fingerprint density at radius 3 is 3.00 bits per heavy atom. The average molecular weight is 270 g/mol. The minimum atomic E-state index is 0.255. The zero-order valence-electron chi connectivity index (χ0n) is 9.42. The van der Waals surface area contributed by atoms with Gasteiger partial charge in [0.1, 0.15) is 5.78 Å². The van der Waals surface area contributed by atoms with E-state index in [9.17, 15) is 4.79 Å². The van der Waals surface area contributed by atoms with Crippen LogP contribution in [0, 0.1) is 5.92 Å². The number of Topliss-reactive ketones (excluding diaryl/α,β-unsaturated/α-hetero) is 1. The van der Waals surface area contributed by atoms with E-state index in [1.54, 1.807) is 0 Å². The quantitative estimate of drug-likeness (QED) is 0.835. The van der Waals surface area contributed by atoms with Gasteiger partial charge >= 0.3 is 0 Å². The predicted octanol–water partition coefficient (Wildman–Crippen LogP) is 2.11. The SMILES string of the molecule is O=C(Cc1nc(C2CSCCS2)no1)C1CC1. The largest absolute Gasteiger partial charge is 0.339 e. The van der Waals surface area contributed by atoms with Crippen molar-refractivity contribution in [3.63, 3.8) is 0 Å². The van der Waals surface area contributed by atoms with E-state index in [0.717, 1.165) is 30.2 Å². The van der Waals surface area contributed by atoms with Crippen LogP contribution in [0.25, 0.3) is 0 Å². The van der Waals surface area contributed by atoms with Crippen molar-refractivity contribution in [1.29, 1.82) is 0 Å². The van der Waals surface area contributed by atoms with Crippen molar-refractivity contribution in [3.8, 4) is 0 Å². The molecule has 0 spiro atoms. The second-order valence-electron chi connectivity index (χ2n) is 4.40. The van der Waals surface area contributed by atoms with Crippen LogP contribution in [0.15, 0.2) is 4.52 Å². The number of aromatic nitrogens is 2. The molecule has 1 aromatic heterocycles. The van der Waals surface area contributed by atoms with Crippen molar-refractivity contribution < 1.29 is 9.32 Å². The Bertz CT molecular complexity index is 411. The van der Waals surface area contributed by atoms with Gasteiger partial charge in [0, 0.05) is 23.2 Å². The second kappa shape index (κ2) is 5.02. The Hall–Kier alpha value is -0.490. The lowest BCUT2D eigenvalue weighted by Crippen LogP contribution is -2.09. The Morgan fingerprint density at radius 2 is 2.29 bits per heavy atom. The summed E-state index contributed by atoms with van der Waals surface area (Å²) in [6, 6.07) is 0. The van der Waals surface area contributed by atoms with Crippen LogP contribution in [0.5, 0.6) is 0 Å². The van der Waals surface area contributed by atoms with Crippen LogP contribution < -0.4 is 0 Å². The first-order valence-electron chi connectivity index (χ1n) is 5.87. The van der Waals surface area contributed by atoms with Crippen molar-refractivity contribution in [3.05, 3.63) is 11.7 Å². The van der Waals surface area contributed by atoms with E-state index >= 15 is 0 Å². The molecule has 1 atom stereocenters. The molecule has 17 heavy (non-hydrogen) atoms. The summed E-state index contributed by atoms with van der Waals surface area (Å²) in [7, 11) is 0. The zero-order valence-corrected chi connectivity index (χ0v) is 11.1.